The normalized spacial score (nSPS) is 10.0. The minimum Gasteiger partial charge on any atom is -0.451 e. The molecule has 1 N–H and O–H groups in total. The van der Waals surface area contributed by atoms with Crippen molar-refractivity contribution in [1.82, 2.24) is 0 Å². The quantitative estimate of drug-likeness (QED) is 0.519. The average molecular weight is 320 g/mol. The molecule has 0 saturated carbocycles. The number of anilines is 1. The Bertz CT molecular complexity index is 712. The van der Waals surface area contributed by atoms with Gasteiger partial charge in [-0.1, -0.05) is 18.2 Å². The SMILES string of the molecule is Cc1cccc([N+](=O)[O-])c1NC(=O)COC(=O)c1cccs1. The van der Waals surface area contributed by atoms with Gasteiger partial charge >= 0.3 is 5.97 Å². The third-order valence-electron chi connectivity index (χ3n) is 2.77. The van der Waals surface area contributed by atoms with Gasteiger partial charge in [0, 0.05) is 6.07 Å². The second-order valence-corrected chi connectivity index (χ2v) is 5.28. The number of aryl methyl sites for hydroxylation is 1. The number of ether oxygens (including phenoxy) is 1. The van der Waals surface area contributed by atoms with Crippen LogP contribution < -0.4 is 5.32 Å². The smallest absolute Gasteiger partial charge is 0.348 e. The molecule has 0 bridgehead atoms. The van der Waals surface area contributed by atoms with E-state index in [1.807, 2.05) is 0 Å². The second-order valence-electron chi connectivity index (χ2n) is 4.33. The number of nitrogens with zero attached hydrogens (tertiary/aromatic N) is 1. The Balaban J connectivity index is 2.01. The van der Waals surface area contributed by atoms with Gasteiger partial charge < -0.3 is 10.1 Å². The number of hydrogen-bond donors (Lipinski definition) is 1. The van der Waals surface area contributed by atoms with Gasteiger partial charge in [-0.25, -0.2) is 4.79 Å². The first-order chi connectivity index (χ1) is 10.5. The van der Waals surface area contributed by atoms with Crippen LogP contribution in [0.5, 0.6) is 0 Å². The summed E-state index contributed by atoms with van der Waals surface area (Å²) >= 11 is 1.20. The molecule has 0 atom stereocenters. The van der Waals surface area contributed by atoms with Crippen LogP contribution in [0.2, 0.25) is 0 Å². The van der Waals surface area contributed by atoms with Crippen LogP contribution in [0.3, 0.4) is 0 Å². The van der Waals surface area contributed by atoms with Crippen molar-refractivity contribution in [1.29, 1.82) is 0 Å². The maximum absolute atomic E-state index is 11.8. The summed E-state index contributed by atoms with van der Waals surface area (Å²) in [5.74, 6) is -1.24. The van der Waals surface area contributed by atoms with E-state index < -0.39 is 23.4 Å². The number of rotatable bonds is 5. The molecule has 1 aromatic carbocycles. The van der Waals surface area contributed by atoms with Crippen molar-refractivity contribution >= 4 is 34.6 Å². The Kier molecular flexibility index (Phi) is 4.84. The van der Waals surface area contributed by atoms with Crippen LogP contribution >= 0.6 is 11.3 Å². The molecular weight excluding hydrogens is 308 g/mol. The molecule has 1 aromatic heterocycles. The van der Waals surface area contributed by atoms with Gasteiger partial charge in [0.2, 0.25) is 0 Å². The molecule has 114 valence electrons. The van der Waals surface area contributed by atoms with Crippen molar-refractivity contribution in [3.8, 4) is 0 Å². The predicted molar refractivity (Wildman–Crippen MR) is 81.1 cm³/mol. The van der Waals surface area contributed by atoms with E-state index in [-0.39, 0.29) is 11.4 Å². The number of nitrogens with one attached hydrogen (secondary N) is 1. The molecule has 0 aliphatic carbocycles. The van der Waals surface area contributed by atoms with Crippen LogP contribution in [0.15, 0.2) is 35.7 Å². The standard InChI is InChI=1S/C14H12N2O5S/c1-9-4-2-5-10(16(19)20)13(9)15-12(17)8-21-14(18)11-6-3-7-22-11/h2-7H,8H2,1H3,(H,15,17). The van der Waals surface area contributed by atoms with E-state index in [1.165, 1.54) is 23.5 Å². The van der Waals surface area contributed by atoms with Crippen molar-refractivity contribution in [2.75, 3.05) is 11.9 Å². The summed E-state index contributed by atoms with van der Waals surface area (Å²) in [5.41, 5.74) is 0.440. The van der Waals surface area contributed by atoms with Crippen molar-refractivity contribution in [3.63, 3.8) is 0 Å². The molecule has 0 aliphatic rings. The lowest BCUT2D eigenvalue weighted by atomic mass is 10.1. The maximum atomic E-state index is 11.8. The van der Waals surface area contributed by atoms with E-state index in [0.29, 0.717) is 10.4 Å². The molecule has 0 spiro atoms. The van der Waals surface area contributed by atoms with Crippen molar-refractivity contribution in [3.05, 3.63) is 56.3 Å². The molecule has 0 aliphatic heterocycles. The Morgan fingerprint density at radius 2 is 2.09 bits per heavy atom. The molecule has 0 saturated heterocycles. The minimum atomic E-state index is -0.637. The Morgan fingerprint density at radius 3 is 2.73 bits per heavy atom. The van der Waals surface area contributed by atoms with E-state index in [9.17, 15) is 19.7 Å². The molecule has 0 unspecified atom stereocenters. The third-order valence-corrected chi connectivity index (χ3v) is 3.62. The van der Waals surface area contributed by atoms with Gasteiger partial charge in [-0.2, -0.15) is 0 Å². The number of nitro groups is 1. The topological polar surface area (TPSA) is 98.5 Å². The fraction of sp³-hybridized carbons (Fsp3) is 0.143. The largest absolute Gasteiger partial charge is 0.451 e. The lowest BCUT2D eigenvalue weighted by Crippen LogP contribution is -2.21. The molecule has 2 aromatic rings. The fourth-order valence-electron chi connectivity index (χ4n) is 1.74. The molecule has 0 fully saturated rings. The first-order valence-electron chi connectivity index (χ1n) is 6.23. The van der Waals surface area contributed by atoms with Crippen molar-refractivity contribution in [2.45, 2.75) is 6.92 Å². The van der Waals surface area contributed by atoms with Crippen LogP contribution in [0.4, 0.5) is 11.4 Å². The van der Waals surface area contributed by atoms with Gasteiger partial charge in [0.05, 0.1) is 4.92 Å². The van der Waals surface area contributed by atoms with Gasteiger partial charge in [-0.05, 0) is 23.9 Å². The Hall–Kier alpha value is -2.74. The van der Waals surface area contributed by atoms with E-state index in [1.54, 1.807) is 30.5 Å². The number of amides is 1. The number of benzene rings is 1. The van der Waals surface area contributed by atoms with Gasteiger partial charge in [0.1, 0.15) is 10.6 Å². The zero-order valence-corrected chi connectivity index (χ0v) is 12.4. The highest BCUT2D eigenvalue weighted by molar-refractivity contribution is 7.11. The zero-order chi connectivity index (χ0) is 16.1. The highest BCUT2D eigenvalue weighted by Gasteiger charge is 2.18. The number of esters is 1. The Labute approximate surface area is 129 Å². The number of carbonyl (C=O) groups is 2. The van der Waals surface area contributed by atoms with Crippen molar-refractivity contribution < 1.29 is 19.2 Å². The molecule has 2 rings (SSSR count). The molecular formula is C14H12N2O5S. The van der Waals surface area contributed by atoms with Crippen LogP contribution in [-0.4, -0.2) is 23.4 Å². The second kappa shape index (κ2) is 6.81. The number of para-hydroxylation sites is 1. The lowest BCUT2D eigenvalue weighted by molar-refractivity contribution is -0.384. The minimum absolute atomic E-state index is 0.102. The first kappa shape index (κ1) is 15.6. The summed E-state index contributed by atoms with van der Waals surface area (Å²) in [5, 5.41) is 15.1. The molecule has 7 nitrogen and oxygen atoms in total. The van der Waals surface area contributed by atoms with E-state index >= 15 is 0 Å². The predicted octanol–water partition coefficient (Wildman–Crippen LogP) is 2.76. The lowest BCUT2D eigenvalue weighted by Gasteiger charge is -2.09. The molecule has 0 radical (unpaired) electrons. The van der Waals surface area contributed by atoms with Gasteiger partial charge in [-0.3, -0.25) is 14.9 Å². The van der Waals surface area contributed by atoms with Crippen LogP contribution in [0.25, 0.3) is 0 Å². The zero-order valence-electron chi connectivity index (χ0n) is 11.6. The Morgan fingerprint density at radius 1 is 1.32 bits per heavy atom. The number of thiophene rings is 1. The summed E-state index contributed by atoms with van der Waals surface area (Å²) in [6.45, 7) is 1.13. The molecule has 22 heavy (non-hydrogen) atoms. The van der Waals surface area contributed by atoms with E-state index in [0.717, 1.165) is 0 Å². The molecule has 8 heteroatoms. The van der Waals surface area contributed by atoms with E-state index in [2.05, 4.69) is 5.32 Å². The molecule has 1 amide bonds. The number of carbonyl (C=O) groups excluding carboxylic acids is 2. The highest BCUT2D eigenvalue weighted by Crippen LogP contribution is 2.27. The monoisotopic (exact) mass is 320 g/mol. The van der Waals surface area contributed by atoms with Crippen molar-refractivity contribution in [2.24, 2.45) is 0 Å². The summed E-state index contributed by atoms with van der Waals surface area (Å²) in [7, 11) is 0. The first-order valence-corrected chi connectivity index (χ1v) is 7.11. The van der Waals surface area contributed by atoms with Crippen LogP contribution in [0.1, 0.15) is 15.2 Å². The van der Waals surface area contributed by atoms with Crippen LogP contribution in [0, 0.1) is 17.0 Å². The number of nitro benzene ring substituents is 1. The number of hydrogen-bond acceptors (Lipinski definition) is 6. The summed E-state index contributed by atoms with van der Waals surface area (Å²) in [4.78, 5) is 34.2. The van der Waals surface area contributed by atoms with E-state index in [4.69, 9.17) is 4.74 Å². The molecule has 1 heterocycles. The maximum Gasteiger partial charge on any atom is 0.348 e. The summed E-state index contributed by atoms with van der Waals surface area (Å²) in [6.07, 6.45) is 0. The van der Waals surface area contributed by atoms with Crippen LogP contribution in [-0.2, 0) is 9.53 Å². The van der Waals surface area contributed by atoms with Gasteiger partial charge in [0.25, 0.3) is 11.6 Å². The summed E-state index contributed by atoms with van der Waals surface area (Å²) in [6, 6.07) is 7.73. The average Bonchev–Trinajstić information content (AvgIpc) is 3.01. The van der Waals surface area contributed by atoms with Gasteiger partial charge in [-0.15, -0.1) is 11.3 Å². The van der Waals surface area contributed by atoms with Gasteiger partial charge in [0.15, 0.2) is 6.61 Å². The summed E-state index contributed by atoms with van der Waals surface area (Å²) < 4.78 is 4.85. The highest BCUT2D eigenvalue weighted by atomic mass is 32.1. The fourth-order valence-corrected chi connectivity index (χ4v) is 2.36. The third kappa shape index (κ3) is 3.67.